The number of ketones is 1. The van der Waals surface area contributed by atoms with Crippen LogP contribution in [0.2, 0.25) is 0 Å². The van der Waals surface area contributed by atoms with Crippen molar-refractivity contribution in [2.24, 2.45) is 0 Å². The van der Waals surface area contributed by atoms with E-state index in [0.29, 0.717) is 36.7 Å². The molecule has 1 aromatic carbocycles. The van der Waals surface area contributed by atoms with Crippen LogP contribution < -0.4 is 0 Å². The fourth-order valence-corrected chi connectivity index (χ4v) is 3.41. The zero-order valence-corrected chi connectivity index (χ0v) is 16.7. The fraction of sp³-hybridized carbons (Fsp3) is 0.300. The minimum atomic E-state index is -0.765. The number of hydrogen-bond donors (Lipinski definition) is 1. The number of nitrogens with zero attached hydrogens (tertiary/aromatic N) is 1. The molecule has 1 unspecified atom stereocenters. The van der Waals surface area contributed by atoms with Crippen LogP contribution in [0.3, 0.4) is 0 Å². The van der Waals surface area contributed by atoms with Crippen LogP contribution in [0.15, 0.2) is 50.9 Å². The van der Waals surface area contributed by atoms with Gasteiger partial charge in [0.2, 0.25) is 0 Å². The van der Waals surface area contributed by atoms with E-state index < -0.39 is 17.7 Å². The number of carbonyl (C=O) groups excluding carboxylic acids is 2. The van der Waals surface area contributed by atoms with Crippen molar-refractivity contribution in [2.75, 3.05) is 20.3 Å². The van der Waals surface area contributed by atoms with E-state index in [-0.39, 0.29) is 11.3 Å². The van der Waals surface area contributed by atoms with E-state index in [1.54, 1.807) is 50.4 Å². The number of amides is 1. The molecule has 3 rings (SSSR count). The molecular formula is C20H20BrNO5. The SMILES string of the molecule is COCCCN1C(=O)C(=O)/C(=C(\O)c2ccc(Br)cc2)C1c1ccc(C)o1. The van der Waals surface area contributed by atoms with Gasteiger partial charge in [-0.15, -0.1) is 0 Å². The molecule has 1 aliphatic heterocycles. The van der Waals surface area contributed by atoms with E-state index in [9.17, 15) is 14.7 Å². The number of likely N-dealkylation sites (tertiary alicyclic amines) is 1. The molecule has 0 bridgehead atoms. The van der Waals surface area contributed by atoms with Crippen molar-refractivity contribution in [3.8, 4) is 0 Å². The highest BCUT2D eigenvalue weighted by Gasteiger charge is 2.47. The molecule has 2 aromatic rings. The van der Waals surface area contributed by atoms with Crippen molar-refractivity contribution in [1.82, 2.24) is 4.90 Å². The highest BCUT2D eigenvalue weighted by molar-refractivity contribution is 9.10. The van der Waals surface area contributed by atoms with Gasteiger partial charge in [0.25, 0.3) is 11.7 Å². The first-order valence-corrected chi connectivity index (χ1v) is 9.33. The van der Waals surface area contributed by atoms with Crippen LogP contribution in [0, 0.1) is 6.92 Å². The van der Waals surface area contributed by atoms with Crippen LogP contribution >= 0.6 is 15.9 Å². The van der Waals surface area contributed by atoms with Gasteiger partial charge in [0, 0.05) is 30.3 Å². The van der Waals surface area contributed by atoms with Gasteiger partial charge in [-0.2, -0.15) is 0 Å². The summed E-state index contributed by atoms with van der Waals surface area (Å²) in [5.74, 6) is -0.469. The zero-order valence-electron chi connectivity index (χ0n) is 15.1. The van der Waals surface area contributed by atoms with Crippen LogP contribution in [0.1, 0.15) is 29.5 Å². The molecule has 6 nitrogen and oxygen atoms in total. The summed E-state index contributed by atoms with van der Waals surface area (Å²) in [6.07, 6.45) is 0.567. The number of methoxy groups -OCH3 is 1. The average molecular weight is 434 g/mol. The Bertz CT molecular complexity index is 884. The number of benzene rings is 1. The maximum absolute atomic E-state index is 12.7. The van der Waals surface area contributed by atoms with Gasteiger partial charge in [-0.05, 0) is 37.6 Å². The molecule has 0 saturated carbocycles. The lowest BCUT2D eigenvalue weighted by Crippen LogP contribution is -2.31. The number of ether oxygens (including phenoxy) is 1. The van der Waals surface area contributed by atoms with Crippen LogP contribution in [0.5, 0.6) is 0 Å². The minimum Gasteiger partial charge on any atom is -0.507 e. The summed E-state index contributed by atoms with van der Waals surface area (Å²) in [6, 6.07) is 9.61. The summed E-state index contributed by atoms with van der Waals surface area (Å²) in [5, 5.41) is 10.8. The predicted molar refractivity (Wildman–Crippen MR) is 103 cm³/mol. The Balaban J connectivity index is 2.09. The lowest BCUT2D eigenvalue weighted by atomic mass is 9.99. The molecule has 2 heterocycles. The monoisotopic (exact) mass is 433 g/mol. The van der Waals surface area contributed by atoms with Crippen LogP contribution in [0.25, 0.3) is 5.76 Å². The summed E-state index contributed by atoms with van der Waals surface area (Å²) in [5.41, 5.74) is 0.496. The summed E-state index contributed by atoms with van der Waals surface area (Å²) < 4.78 is 11.6. The molecule has 1 aromatic heterocycles. The quantitative estimate of drug-likeness (QED) is 0.324. The lowest BCUT2D eigenvalue weighted by molar-refractivity contribution is -0.140. The highest BCUT2D eigenvalue weighted by atomic mass is 79.9. The summed E-state index contributed by atoms with van der Waals surface area (Å²) in [4.78, 5) is 26.8. The first-order valence-electron chi connectivity index (χ1n) is 8.53. The second kappa shape index (κ2) is 8.10. The van der Waals surface area contributed by atoms with Crippen LogP contribution in [-0.2, 0) is 14.3 Å². The number of Topliss-reactive ketones (excluding diaryl/α,β-unsaturated/α-hetero) is 1. The number of aliphatic hydroxyl groups is 1. The molecule has 1 saturated heterocycles. The Labute approximate surface area is 165 Å². The number of halogens is 1. The lowest BCUT2D eigenvalue weighted by Gasteiger charge is -2.23. The van der Waals surface area contributed by atoms with E-state index >= 15 is 0 Å². The standard InChI is InChI=1S/C20H20BrNO5/c1-12-4-9-15(27-12)17-16(18(23)13-5-7-14(21)8-6-13)19(24)20(25)22(17)10-3-11-26-2/h4-9,17,23H,3,10-11H2,1-2H3/b18-16-. The van der Waals surface area contributed by atoms with Crippen LogP contribution in [0.4, 0.5) is 0 Å². The minimum absolute atomic E-state index is 0.0362. The summed E-state index contributed by atoms with van der Waals surface area (Å²) in [6.45, 7) is 2.56. The Morgan fingerprint density at radius 3 is 2.52 bits per heavy atom. The van der Waals surface area contributed by atoms with E-state index in [0.717, 1.165) is 4.47 Å². The first-order chi connectivity index (χ1) is 12.9. The Morgan fingerprint density at radius 1 is 1.22 bits per heavy atom. The number of hydrogen-bond acceptors (Lipinski definition) is 5. The Morgan fingerprint density at radius 2 is 1.93 bits per heavy atom. The Kier molecular flexibility index (Phi) is 5.82. The van der Waals surface area contributed by atoms with Gasteiger partial charge in [-0.3, -0.25) is 9.59 Å². The topological polar surface area (TPSA) is 80.0 Å². The summed E-state index contributed by atoms with van der Waals surface area (Å²) >= 11 is 3.34. The maximum atomic E-state index is 12.7. The smallest absolute Gasteiger partial charge is 0.295 e. The molecule has 1 aliphatic rings. The largest absolute Gasteiger partial charge is 0.507 e. The van der Waals surface area contributed by atoms with E-state index in [1.165, 1.54) is 4.90 Å². The number of aryl methyl sites for hydroxylation is 1. The molecule has 7 heteroatoms. The first kappa shape index (κ1) is 19.4. The number of carbonyl (C=O) groups is 2. The van der Waals surface area contributed by atoms with E-state index in [1.807, 2.05) is 0 Å². The predicted octanol–water partition coefficient (Wildman–Crippen LogP) is 3.81. The maximum Gasteiger partial charge on any atom is 0.295 e. The second-order valence-corrected chi connectivity index (χ2v) is 7.21. The number of aliphatic hydroxyl groups excluding tert-OH is 1. The van der Waals surface area contributed by atoms with Crippen molar-refractivity contribution in [1.29, 1.82) is 0 Å². The average Bonchev–Trinajstić information content (AvgIpc) is 3.18. The summed E-state index contributed by atoms with van der Waals surface area (Å²) in [7, 11) is 1.58. The van der Waals surface area contributed by atoms with Gasteiger partial charge in [0.05, 0.1) is 5.57 Å². The molecule has 27 heavy (non-hydrogen) atoms. The van der Waals surface area contributed by atoms with Crippen molar-refractivity contribution < 1.29 is 23.8 Å². The van der Waals surface area contributed by atoms with Gasteiger partial charge in [0.15, 0.2) is 0 Å². The molecule has 142 valence electrons. The molecule has 0 aliphatic carbocycles. The Hall–Kier alpha value is -2.38. The zero-order chi connectivity index (χ0) is 19.6. The third-order valence-electron chi connectivity index (χ3n) is 4.44. The van der Waals surface area contributed by atoms with Gasteiger partial charge >= 0.3 is 0 Å². The van der Waals surface area contributed by atoms with E-state index in [4.69, 9.17) is 9.15 Å². The molecule has 1 fully saturated rings. The second-order valence-electron chi connectivity index (χ2n) is 6.29. The van der Waals surface area contributed by atoms with E-state index in [2.05, 4.69) is 15.9 Å². The molecule has 0 spiro atoms. The van der Waals surface area contributed by atoms with Crippen molar-refractivity contribution >= 4 is 33.4 Å². The molecule has 1 N–H and O–H groups in total. The molecule has 1 atom stereocenters. The fourth-order valence-electron chi connectivity index (χ4n) is 3.15. The van der Waals surface area contributed by atoms with Gasteiger partial charge in [-0.25, -0.2) is 0 Å². The van der Waals surface area contributed by atoms with Crippen molar-refractivity contribution in [3.05, 3.63) is 63.5 Å². The molecular weight excluding hydrogens is 414 g/mol. The third kappa shape index (κ3) is 3.84. The van der Waals surface area contributed by atoms with Gasteiger partial charge in [-0.1, -0.05) is 28.1 Å². The van der Waals surface area contributed by atoms with Gasteiger partial charge in [0.1, 0.15) is 23.3 Å². The molecule has 0 radical (unpaired) electrons. The van der Waals surface area contributed by atoms with Gasteiger partial charge < -0.3 is 19.2 Å². The molecule has 1 amide bonds. The third-order valence-corrected chi connectivity index (χ3v) is 4.96. The van der Waals surface area contributed by atoms with Crippen LogP contribution in [-0.4, -0.2) is 42.0 Å². The van der Waals surface area contributed by atoms with Crippen molar-refractivity contribution in [2.45, 2.75) is 19.4 Å². The number of furan rings is 1. The normalized spacial score (nSPS) is 19.1. The number of rotatable bonds is 6. The van der Waals surface area contributed by atoms with Crippen molar-refractivity contribution in [3.63, 3.8) is 0 Å². The highest BCUT2D eigenvalue weighted by Crippen LogP contribution is 2.40.